The van der Waals surface area contributed by atoms with Crippen LogP contribution in [0, 0.1) is 17.8 Å². The van der Waals surface area contributed by atoms with E-state index in [9.17, 15) is 4.79 Å². The quantitative estimate of drug-likeness (QED) is 0.731. The Morgan fingerprint density at radius 2 is 1.38 bits per heavy atom. The minimum absolute atomic E-state index is 0.184. The van der Waals surface area contributed by atoms with Gasteiger partial charge in [0.2, 0.25) is 5.91 Å². The van der Waals surface area contributed by atoms with Crippen LogP contribution in [-0.2, 0) is 4.79 Å². The number of piperazine rings is 1. The third-order valence-electron chi connectivity index (χ3n) is 3.54. The van der Waals surface area contributed by atoms with Crippen LogP contribution in [0.4, 0.5) is 0 Å². The highest BCUT2D eigenvalue weighted by Crippen LogP contribution is 2.23. The summed E-state index contributed by atoms with van der Waals surface area (Å²) in [7, 11) is 2.12. The Hall–Kier alpha value is -0.570. The Kier molecular flexibility index (Phi) is 4.78. The number of rotatable bonds is 3. The molecule has 0 radical (unpaired) electrons. The number of carbonyl (C=O) groups is 1. The smallest absolute Gasteiger partial charge is 0.226 e. The van der Waals surface area contributed by atoms with Gasteiger partial charge < -0.3 is 9.80 Å². The molecule has 3 heteroatoms. The summed E-state index contributed by atoms with van der Waals surface area (Å²) in [5, 5.41) is 0. The monoisotopic (exact) mass is 226 g/mol. The number of likely N-dealkylation sites (N-methyl/N-ethyl adjacent to an activating group) is 1. The van der Waals surface area contributed by atoms with Crippen LogP contribution in [-0.4, -0.2) is 48.9 Å². The van der Waals surface area contributed by atoms with Gasteiger partial charge in [0, 0.05) is 32.1 Å². The lowest BCUT2D eigenvalue weighted by molar-refractivity contribution is -0.140. The van der Waals surface area contributed by atoms with Gasteiger partial charge in [-0.25, -0.2) is 0 Å². The van der Waals surface area contributed by atoms with E-state index in [1.165, 1.54) is 0 Å². The molecule has 0 bridgehead atoms. The predicted molar refractivity (Wildman–Crippen MR) is 67.2 cm³/mol. The summed E-state index contributed by atoms with van der Waals surface area (Å²) < 4.78 is 0. The Balaban J connectivity index is 2.61. The van der Waals surface area contributed by atoms with Crippen LogP contribution in [0.15, 0.2) is 0 Å². The van der Waals surface area contributed by atoms with Crippen molar-refractivity contribution >= 4 is 5.91 Å². The van der Waals surface area contributed by atoms with Crippen LogP contribution in [0.3, 0.4) is 0 Å². The van der Waals surface area contributed by atoms with Gasteiger partial charge in [-0.3, -0.25) is 4.79 Å². The van der Waals surface area contributed by atoms with Crippen molar-refractivity contribution in [2.24, 2.45) is 17.8 Å². The van der Waals surface area contributed by atoms with Gasteiger partial charge in [-0.15, -0.1) is 0 Å². The summed E-state index contributed by atoms with van der Waals surface area (Å²) in [6.45, 7) is 12.4. The molecule has 1 rings (SSSR count). The first-order chi connectivity index (χ1) is 7.43. The third-order valence-corrected chi connectivity index (χ3v) is 3.54. The molecule has 1 heterocycles. The molecule has 1 aliphatic rings. The fourth-order valence-corrected chi connectivity index (χ4v) is 2.58. The van der Waals surface area contributed by atoms with E-state index < -0.39 is 0 Å². The highest BCUT2D eigenvalue weighted by molar-refractivity contribution is 5.79. The maximum Gasteiger partial charge on any atom is 0.226 e. The fraction of sp³-hybridized carbons (Fsp3) is 0.923. The molecule has 0 N–H and O–H groups in total. The Morgan fingerprint density at radius 3 is 1.75 bits per heavy atom. The zero-order chi connectivity index (χ0) is 12.3. The van der Waals surface area contributed by atoms with E-state index in [-0.39, 0.29) is 5.92 Å². The number of hydrogen-bond donors (Lipinski definition) is 0. The van der Waals surface area contributed by atoms with Gasteiger partial charge in [-0.1, -0.05) is 27.7 Å². The average molecular weight is 226 g/mol. The van der Waals surface area contributed by atoms with Crippen molar-refractivity contribution in [3.8, 4) is 0 Å². The summed E-state index contributed by atoms with van der Waals surface area (Å²) >= 11 is 0. The van der Waals surface area contributed by atoms with Gasteiger partial charge in [0.25, 0.3) is 0 Å². The lowest BCUT2D eigenvalue weighted by Gasteiger charge is -2.36. The molecular weight excluding hydrogens is 200 g/mol. The molecular formula is C13H26N2O. The van der Waals surface area contributed by atoms with Crippen LogP contribution in [0.25, 0.3) is 0 Å². The fourth-order valence-electron chi connectivity index (χ4n) is 2.58. The molecule has 0 unspecified atom stereocenters. The lowest BCUT2D eigenvalue weighted by atomic mass is 9.84. The maximum atomic E-state index is 12.4. The van der Waals surface area contributed by atoms with Crippen LogP contribution in [0.2, 0.25) is 0 Å². The molecule has 16 heavy (non-hydrogen) atoms. The standard InChI is InChI=1S/C13H26N2O/c1-10(2)12(11(3)4)13(16)15-8-6-14(5)7-9-15/h10-12H,6-9H2,1-5H3. The van der Waals surface area contributed by atoms with Gasteiger partial charge in [0.05, 0.1) is 0 Å². The summed E-state index contributed by atoms with van der Waals surface area (Å²) in [6, 6.07) is 0. The first-order valence-electron chi connectivity index (χ1n) is 6.40. The molecule has 94 valence electrons. The molecule has 0 aromatic heterocycles. The average Bonchev–Trinajstić information content (AvgIpc) is 2.17. The van der Waals surface area contributed by atoms with Crippen LogP contribution in [0.5, 0.6) is 0 Å². The van der Waals surface area contributed by atoms with Crippen molar-refractivity contribution in [3.05, 3.63) is 0 Å². The van der Waals surface area contributed by atoms with Crippen molar-refractivity contribution in [1.82, 2.24) is 9.80 Å². The van der Waals surface area contributed by atoms with E-state index in [0.717, 1.165) is 26.2 Å². The van der Waals surface area contributed by atoms with Gasteiger partial charge in [-0.05, 0) is 18.9 Å². The predicted octanol–water partition coefficient (Wildman–Crippen LogP) is 1.69. The molecule has 0 spiro atoms. The molecule has 1 fully saturated rings. The van der Waals surface area contributed by atoms with Gasteiger partial charge >= 0.3 is 0 Å². The molecule has 0 saturated carbocycles. The maximum absolute atomic E-state index is 12.4. The summed E-state index contributed by atoms with van der Waals surface area (Å²) in [5.41, 5.74) is 0. The summed E-state index contributed by atoms with van der Waals surface area (Å²) in [4.78, 5) is 16.7. The molecule has 3 nitrogen and oxygen atoms in total. The number of hydrogen-bond acceptors (Lipinski definition) is 2. The second-order valence-corrected chi connectivity index (χ2v) is 5.64. The number of amides is 1. The van der Waals surface area contributed by atoms with Crippen LogP contribution < -0.4 is 0 Å². The molecule has 0 aromatic carbocycles. The van der Waals surface area contributed by atoms with E-state index in [0.29, 0.717) is 17.7 Å². The van der Waals surface area contributed by atoms with Crippen molar-refractivity contribution in [3.63, 3.8) is 0 Å². The zero-order valence-electron chi connectivity index (χ0n) is 11.4. The zero-order valence-corrected chi connectivity index (χ0v) is 11.4. The molecule has 0 aromatic rings. The topological polar surface area (TPSA) is 23.6 Å². The van der Waals surface area contributed by atoms with Crippen molar-refractivity contribution < 1.29 is 4.79 Å². The van der Waals surface area contributed by atoms with E-state index in [4.69, 9.17) is 0 Å². The van der Waals surface area contributed by atoms with Gasteiger partial charge in [0.15, 0.2) is 0 Å². The van der Waals surface area contributed by atoms with E-state index in [1.54, 1.807) is 0 Å². The van der Waals surface area contributed by atoms with Crippen molar-refractivity contribution in [1.29, 1.82) is 0 Å². The Labute approximate surface area is 99.8 Å². The molecule has 0 aliphatic carbocycles. The summed E-state index contributed by atoms with van der Waals surface area (Å²) in [6.07, 6.45) is 0. The van der Waals surface area contributed by atoms with E-state index >= 15 is 0 Å². The van der Waals surface area contributed by atoms with E-state index in [2.05, 4.69) is 39.6 Å². The van der Waals surface area contributed by atoms with Crippen LogP contribution in [0.1, 0.15) is 27.7 Å². The minimum Gasteiger partial charge on any atom is -0.340 e. The molecule has 1 aliphatic heterocycles. The molecule has 0 atom stereocenters. The lowest BCUT2D eigenvalue weighted by Crippen LogP contribution is -2.50. The second-order valence-electron chi connectivity index (χ2n) is 5.64. The van der Waals surface area contributed by atoms with Crippen LogP contribution >= 0.6 is 0 Å². The van der Waals surface area contributed by atoms with E-state index in [1.807, 2.05) is 4.90 Å². The Morgan fingerprint density at radius 1 is 0.938 bits per heavy atom. The highest BCUT2D eigenvalue weighted by atomic mass is 16.2. The third kappa shape index (κ3) is 3.21. The normalized spacial score (nSPS) is 18.9. The van der Waals surface area contributed by atoms with Gasteiger partial charge in [0.1, 0.15) is 0 Å². The Bertz CT molecular complexity index is 222. The molecule has 1 amide bonds. The number of carbonyl (C=O) groups excluding carboxylic acids is 1. The SMILES string of the molecule is CC(C)C(C(=O)N1CCN(C)CC1)C(C)C. The highest BCUT2D eigenvalue weighted by Gasteiger charge is 2.30. The number of nitrogens with zero attached hydrogens (tertiary/aromatic N) is 2. The largest absolute Gasteiger partial charge is 0.340 e. The molecule has 1 saturated heterocycles. The van der Waals surface area contributed by atoms with Crippen molar-refractivity contribution in [2.45, 2.75) is 27.7 Å². The first kappa shape index (κ1) is 13.5. The van der Waals surface area contributed by atoms with Gasteiger partial charge in [-0.2, -0.15) is 0 Å². The van der Waals surface area contributed by atoms with Crippen molar-refractivity contribution in [2.75, 3.05) is 33.2 Å². The second kappa shape index (κ2) is 5.67. The summed E-state index contributed by atoms with van der Waals surface area (Å²) in [5.74, 6) is 1.42. The minimum atomic E-state index is 0.184. The first-order valence-corrected chi connectivity index (χ1v) is 6.40.